The minimum absolute atomic E-state index is 0.106. The molecule has 162 valence electrons. The lowest BCUT2D eigenvalue weighted by molar-refractivity contribution is -0.124. The Morgan fingerprint density at radius 1 is 1.27 bits per heavy atom. The standard InChI is InChI=1S/C20H26N4O4S2/c1-3-19(25)23-15-6-8-17(9-7-15)30(27,28)24-12-4-5-18(24)20(26)21-11-10-16-13-29-14(2)22-16/h6-9,13,18H,3-5,10-12H2,1-2H3,(H,21,26)(H,23,25). The molecule has 1 aromatic heterocycles. The summed E-state index contributed by atoms with van der Waals surface area (Å²) in [7, 11) is -3.81. The minimum atomic E-state index is -3.81. The molecule has 1 fully saturated rings. The number of benzene rings is 1. The van der Waals surface area contributed by atoms with Gasteiger partial charge in [0.2, 0.25) is 21.8 Å². The molecule has 2 heterocycles. The number of hydrogen-bond donors (Lipinski definition) is 2. The van der Waals surface area contributed by atoms with Crippen molar-refractivity contribution in [1.29, 1.82) is 0 Å². The fraction of sp³-hybridized carbons (Fsp3) is 0.450. The van der Waals surface area contributed by atoms with Gasteiger partial charge in [-0.25, -0.2) is 13.4 Å². The zero-order valence-electron chi connectivity index (χ0n) is 17.1. The van der Waals surface area contributed by atoms with E-state index in [2.05, 4.69) is 15.6 Å². The molecular formula is C20H26N4O4S2. The Kier molecular flexibility index (Phi) is 7.22. The first-order valence-electron chi connectivity index (χ1n) is 9.91. The highest BCUT2D eigenvalue weighted by molar-refractivity contribution is 7.89. The topological polar surface area (TPSA) is 108 Å². The highest BCUT2D eigenvalue weighted by Gasteiger charge is 2.39. The van der Waals surface area contributed by atoms with Crippen LogP contribution in [0.5, 0.6) is 0 Å². The fourth-order valence-corrected chi connectivity index (χ4v) is 5.64. The number of sulfonamides is 1. The maximum Gasteiger partial charge on any atom is 0.243 e. The van der Waals surface area contributed by atoms with E-state index in [1.165, 1.54) is 16.4 Å². The van der Waals surface area contributed by atoms with Crippen LogP contribution in [0.15, 0.2) is 34.5 Å². The van der Waals surface area contributed by atoms with Gasteiger partial charge < -0.3 is 10.6 Å². The van der Waals surface area contributed by atoms with E-state index in [1.807, 2.05) is 12.3 Å². The Balaban J connectivity index is 1.64. The molecular weight excluding hydrogens is 424 g/mol. The molecule has 1 aliphatic rings. The Hall–Kier alpha value is -2.30. The first kappa shape index (κ1) is 22.4. The van der Waals surface area contributed by atoms with E-state index < -0.39 is 16.1 Å². The van der Waals surface area contributed by atoms with Crippen LogP contribution >= 0.6 is 11.3 Å². The van der Waals surface area contributed by atoms with Gasteiger partial charge in [-0.2, -0.15) is 4.31 Å². The number of hydrogen-bond acceptors (Lipinski definition) is 6. The molecule has 2 N–H and O–H groups in total. The van der Waals surface area contributed by atoms with Crippen molar-refractivity contribution >= 4 is 38.9 Å². The number of nitrogens with zero attached hydrogens (tertiary/aromatic N) is 2. The van der Waals surface area contributed by atoms with Crippen molar-refractivity contribution in [2.75, 3.05) is 18.4 Å². The summed E-state index contributed by atoms with van der Waals surface area (Å²) in [4.78, 5) is 28.6. The summed E-state index contributed by atoms with van der Waals surface area (Å²) in [6, 6.07) is 5.31. The van der Waals surface area contributed by atoms with Crippen LogP contribution in [-0.4, -0.2) is 48.7 Å². The Labute approximate surface area is 180 Å². The van der Waals surface area contributed by atoms with Crippen LogP contribution in [0.25, 0.3) is 0 Å². The van der Waals surface area contributed by atoms with Crippen molar-refractivity contribution in [2.45, 2.75) is 50.5 Å². The summed E-state index contributed by atoms with van der Waals surface area (Å²) in [6.45, 7) is 4.39. The van der Waals surface area contributed by atoms with Gasteiger partial charge >= 0.3 is 0 Å². The van der Waals surface area contributed by atoms with Crippen LogP contribution in [0.2, 0.25) is 0 Å². The number of amides is 2. The van der Waals surface area contributed by atoms with Crippen molar-refractivity contribution in [3.63, 3.8) is 0 Å². The van der Waals surface area contributed by atoms with Gasteiger partial charge in [-0.05, 0) is 44.0 Å². The average molecular weight is 451 g/mol. The second-order valence-corrected chi connectivity index (χ2v) is 10.1. The highest BCUT2D eigenvalue weighted by atomic mass is 32.2. The maximum absolute atomic E-state index is 13.1. The van der Waals surface area contributed by atoms with Crippen LogP contribution in [0.1, 0.15) is 36.9 Å². The average Bonchev–Trinajstić information content (AvgIpc) is 3.38. The summed E-state index contributed by atoms with van der Waals surface area (Å²) < 4.78 is 27.4. The van der Waals surface area contributed by atoms with E-state index in [9.17, 15) is 18.0 Å². The molecule has 3 rings (SSSR count). The number of anilines is 1. The van der Waals surface area contributed by atoms with Crippen LogP contribution in [0.4, 0.5) is 5.69 Å². The summed E-state index contributed by atoms with van der Waals surface area (Å²) in [5.74, 6) is -0.426. The minimum Gasteiger partial charge on any atom is -0.354 e. The molecule has 0 bridgehead atoms. The fourth-order valence-electron chi connectivity index (χ4n) is 3.34. The van der Waals surface area contributed by atoms with Gasteiger partial charge in [0, 0.05) is 37.0 Å². The van der Waals surface area contributed by atoms with E-state index in [1.54, 1.807) is 30.4 Å². The number of thiazole rings is 1. The van der Waals surface area contributed by atoms with Crippen molar-refractivity contribution in [3.8, 4) is 0 Å². The first-order chi connectivity index (χ1) is 14.3. The van der Waals surface area contributed by atoms with Gasteiger partial charge in [-0.3, -0.25) is 9.59 Å². The number of aryl methyl sites for hydroxylation is 1. The molecule has 8 nitrogen and oxygen atoms in total. The van der Waals surface area contributed by atoms with Gasteiger partial charge in [0.25, 0.3) is 0 Å². The van der Waals surface area contributed by atoms with E-state index in [4.69, 9.17) is 0 Å². The second kappa shape index (κ2) is 9.67. The van der Waals surface area contributed by atoms with Gasteiger partial charge in [-0.15, -0.1) is 11.3 Å². The maximum atomic E-state index is 13.1. The largest absolute Gasteiger partial charge is 0.354 e. The van der Waals surface area contributed by atoms with Gasteiger partial charge in [-0.1, -0.05) is 6.92 Å². The highest BCUT2D eigenvalue weighted by Crippen LogP contribution is 2.27. The third kappa shape index (κ3) is 5.24. The summed E-state index contributed by atoms with van der Waals surface area (Å²) >= 11 is 1.56. The molecule has 0 saturated carbocycles. The van der Waals surface area contributed by atoms with Crippen molar-refractivity contribution < 1.29 is 18.0 Å². The van der Waals surface area contributed by atoms with Crippen LogP contribution < -0.4 is 10.6 Å². The summed E-state index contributed by atoms with van der Waals surface area (Å²) in [5.41, 5.74) is 1.46. The predicted octanol–water partition coefficient (Wildman–Crippen LogP) is 2.31. The molecule has 10 heteroatoms. The zero-order valence-corrected chi connectivity index (χ0v) is 18.7. The van der Waals surface area contributed by atoms with Crippen LogP contribution in [-0.2, 0) is 26.0 Å². The molecule has 1 aromatic carbocycles. The smallest absolute Gasteiger partial charge is 0.243 e. The molecule has 30 heavy (non-hydrogen) atoms. The number of rotatable bonds is 8. The molecule has 0 spiro atoms. The number of carbonyl (C=O) groups is 2. The van der Waals surface area contributed by atoms with Crippen molar-refractivity contribution in [1.82, 2.24) is 14.6 Å². The normalized spacial score (nSPS) is 17.1. The Bertz CT molecular complexity index is 1000. The lowest BCUT2D eigenvalue weighted by Gasteiger charge is -2.23. The third-order valence-electron chi connectivity index (χ3n) is 4.92. The molecule has 1 atom stereocenters. The predicted molar refractivity (Wildman–Crippen MR) is 116 cm³/mol. The van der Waals surface area contributed by atoms with E-state index in [0.29, 0.717) is 44.5 Å². The second-order valence-electron chi connectivity index (χ2n) is 7.10. The van der Waals surface area contributed by atoms with Gasteiger partial charge in [0.1, 0.15) is 6.04 Å². The van der Waals surface area contributed by atoms with E-state index >= 15 is 0 Å². The number of carbonyl (C=O) groups excluding carboxylic acids is 2. The number of aromatic nitrogens is 1. The lowest BCUT2D eigenvalue weighted by atomic mass is 10.2. The van der Waals surface area contributed by atoms with E-state index in [0.717, 1.165) is 10.7 Å². The Morgan fingerprint density at radius 2 is 2.00 bits per heavy atom. The quantitative estimate of drug-likeness (QED) is 0.642. The zero-order chi connectivity index (χ0) is 21.7. The SMILES string of the molecule is CCC(=O)Nc1ccc(S(=O)(=O)N2CCCC2C(=O)NCCc2csc(C)n2)cc1. The van der Waals surface area contributed by atoms with Crippen LogP contribution in [0, 0.1) is 6.92 Å². The molecule has 2 amide bonds. The van der Waals surface area contributed by atoms with Gasteiger partial charge in [0.15, 0.2) is 0 Å². The molecule has 0 aliphatic carbocycles. The first-order valence-corrected chi connectivity index (χ1v) is 12.2. The van der Waals surface area contributed by atoms with E-state index in [-0.39, 0.29) is 16.7 Å². The van der Waals surface area contributed by atoms with Crippen molar-refractivity contribution in [2.24, 2.45) is 0 Å². The molecule has 2 aromatic rings. The van der Waals surface area contributed by atoms with Gasteiger partial charge in [0.05, 0.1) is 15.6 Å². The molecule has 0 radical (unpaired) electrons. The Morgan fingerprint density at radius 3 is 2.63 bits per heavy atom. The third-order valence-corrected chi connectivity index (χ3v) is 7.66. The summed E-state index contributed by atoms with van der Waals surface area (Å²) in [5, 5.41) is 8.47. The molecule has 1 saturated heterocycles. The lowest BCUT2D eigenvalue weighted by Crippen LogP contribution is -2.46. The molecule has 1 unspecified atom stereocenters. The summed E-state index contributed by atoms with van der Waals surface area (Å²) in [6.07, 6.45) is 2.08. The number of nitrogens with one attached hydrogen (secondary N) is 2. The monoisotopic (exact) mass is 450 g/mol. The van der Waals surface area contributed by atoms with Crippen LogP contribution in [0.3, 0.4) is 0 Å². The van der Waals surface area contributed by atoms with Crippen molar-refractivity contribution in [3.05, 3.63) is 40.3 Å². The molecule has 1 aliphatic heterocycles.